The molecule has 0 unspecified atom stereocenters. The van der Waals surface area contributed by atoms with E-state index in [0.29, 0.717) is 17.2 Å². The molecule has 2 fully saturated rings. The lowest BCUT2D eigenvalue weighted by Gasteiger charge is -2.29. The van der Waals surface area contributed by atoms with Gasteiger partial charge in [-0.1, -0.05) is 12.8 Å². The molecule has 0 bridgehead atoms. The van der Waals surface area contributed by atoms with Crippen molar-refractivity contribution >= 4 is 28.4 Å². The van der Waals surface area contributed by atoms with Crippen molar-refractivity contribution in [3.8, 4) is 11.3 Å². The Bertz CT molecular complexity index is 1380. The Hall–Kier alpha value is -3.72. The first-order valence-corrected chi connectivity index (χ1v) is 12.4. The molecule has 4 heterocycles. The number of aromatic nitrogens is 5. The van der Waals surface area contributed by atoms with Crippen LogP contribution in [0.5, 0.6) is 0 Å². The Morgan fingerprint density at radius 1 is 1.03 bits per heavy atom. The quantitative estimate of drug-likeness (QED) is 0.408. The largest absolute Gasteiger partial charge is 0.369 e. The first-order valence-electron chi connectivity index (χ1n) is 12.4. The third kappa shape index (κ3) is 4.16. The molecule has 9 heteroatoms. The van der Waals surface area contributed by atoms with Crippen molar-refractivity contribution in [3.63, 3.8) is 0 Å². The van der Waals surface area contributed by atoms with Gasteiger partial charge in [0.15, 0.2) is 0 Å². The van der Waals surface area contributed by atoms with Gasteiger partial charge in [0.25, 0.3) is 5.56 Å². The van der Waals surface area contributed by atoms with E-state index in [2.05, 4.69) is 50.0 Å². The van der Waals surface area contributed by atoms with Crippen molar-refractivity contribution in [1.82, 2.24) is 30.0 Å². The molecule has 35 heavy (non-hydrogen) atoms. The number of aromatic amines is 1. The van der Waals surface area contributed by atoms with Crippen LogP contribution in [-0.4, -0.2) is 50.9 Å². The molecular formula is C26H30N8O. The summed E-state index contributed by atoms with van der Waals surface area (Å²) < 4.78 is 1.89. The minimum absolute atomic E-state index is 0.0296. The monoisotopic (exact) mass is 470 g/mol. The van der Waals surface area contributed by atoms with Gasteiger partial charge >= 0.3 is 0 Å². The van der Waals surface area contributed by atoms with Crippen LogP contribution in [0.25, 0.3) is 22.3 Å². The average Bonchev–Trinajstić information content (AvgIpc) is 3.60. The summed E-state index contributed by atoms with van der Waals surface area (Å²) in [5.41, 5.74) is 4.96. The number of anilines is 3. The number of fused-ring (bicyclic) bond motifs is 1. The molecule has 9 nitrogen and oxygen atoms in total. The number of nitrogens with zero attached hydrogens (tertiary/aromatic N) is 5. The van der Waals surface area contributed by atoms with Crippen LogP contribution in [0, 0.1) is 6.92 Å². The standard InChI is InChI=1S/C26H30N8O/c1-17-21-16-22(23-10-11-28-32-23)25(35)34(20-4-2-3-5-20)24(21)31-26(29-17)30-18-6-8-19(9-7-18)33-14-12-27-13-15-33/h6-11,16,20,27H,2-5,12-15H2,1H3,(H,28,32)(H,29,30,31). The number of H-pyrrole nitrogens is 1. The predicted octanol–water partition coefficient (Wildman–Crippen LogP) is 3.76. The number of benzene rings is 1. The number of aryl methyl sites for hydroxylation is 1. The highest BCUT2D eigenvalue weighted by Crippen LogP contribution is 2.32. The molecule has 0 radical (unpaired) electrons. The van der Waals surface area contributed by atoms with Crippen LogP contribution in [0.15, 0.2) is 47.4 Å². The van der Waals surface area contributed by atoms with Gasteiger partial charge in [-0.3, -0.25) is 14.5 Å². The van der Waals surface area contributed by atoms with Crippen molar-refractivity contribution in [3.05, 3.63) is 58.6 Å². The molecule has 4 aromatic rings. The highest BCUT2D eigenvalue weighted by atomic mass is 16.1. The van der Waals surface area contributed by atoms with Gasteiger partial charge in [0.1, 0.15) is 5.65 Å². The van der Waals surface area contributed by atoms with E-state index < -0.39 is 0 Å². The molecule has 3 aromatic heterocycles. The zero-order valence-corrected chi connectivity index (χ0v) is 19.9. The Balaban J connectivity index is 1.39. The third-order valence-corrected chi connectivity index (χ3v) is 7.17. The smallest absolute Gasteiger partial charge is 0.261 e. The highest BCUT2D eigenvalue weighted by Gasteiger charge is 2.24. The minimum atomic E-state index is -0.0296. The SMILES string of the molecule is Cc1nc(Nc2ccc(N3CCNCC3)cc2)nc2c1cc(-c1ccn[nH]1)c(=O)n2C1CCCC1. The first kappa shape index (κ1) is 21.8. The van der Waals surface area contributed by atoms with Gasteiger partial charge in [-0.05, 0) is 56.2 Å². The Morgan fingerprint density at radius 2 is 1.80 bits per heavy atom. The minimum Gasteiger partial charge on any atom is -0.369 e. The van der Waals surface area contributed by atoms with Crippen molar-refractivity contribution in [2.24, 2.45) is 0 Å². The zero-order chi connectivity index (χ0) is 23.8. The molecule has 2 aliphatic rings. The fraction of sp³-hybridized carbons (Fsp3) is 0.385. The Labute approximate surface area is 203 Å². The van der Waals surface area contributed by atoms with Gasteiger partial charge < -0.3 is 15.5 Å². The normalized spacial score (nSPS) is 16.8. The van der Waals surface area contributed by atoms with E-state index in [-0.39, 0.29) is 11.6 Å². The molecule has 0 atom stereocenters. The highest BCUT2D eigenvalue weighted by molar-refractivity contribution is 5.84. The van der Waals surface area contributed by atoms with Crippen molar-refractivity contribution < 1.29 is 0 Å². The number of piperazine rings is 1. The summed E-state index contributed by atoms with van der Waals surface area (Å²) in [6, 6.07) is 12.3. The maximum Gasteiger partial charge on any atom is 0.261 e. The molecule has 0 amide bonds. The average molecular weight is 471 g/mol. The molecule has 180 valence electrons. The summed E-state index contributed by atoms with van der Waals surface area (Å²) in [5.74, 6) is 0.505. The Kier molecular flexibility index (Phi) is 5.69. The summed E-state index contributed by atoms with van der Waals surface area (Å²) in [7, 11) is 0. The third-order valence-electron chi connectivity index (χ3n) is 7.17. The molecule has 6 rings (SSSR count). The predicted molar refractivity (Wildman–Crippen MR) is 138 cm³/mol. The summed E-state index contributed by atoms with van der Waals surface area (Å²) >= 11 is 0. The first-order chi connectivity index (χ1) is 17.2. The molecule has 1 saturated carbocycles. The number of rotatable bonds is 5. The topological polar surface area (TPSA) is 104 Å². The van der Waals surface area contributed by atoms with E-state index in [1.54, 1.807) is 6.20 Å². The second-order valence-electron chi connectivity index (χ2n) is 9.42. The van der Waals surface area contributed by atoms with Gasteiger partial charge in [-0.25, -0.2) is 4.98 Å². The van der Waals surface area contributed by atoms with Crippen molar-refractivity contribution in [2.45, 2.75) is 38.6 Å². The zero-order valence-electron chi connectivity index (χ0n) is 19.9. The lowest BCUT2D eigenvalue weighted by molar-refractivity contribution is 0.516. The maximum absolute atomic E-state index is 13.7. The fourth-order valence-electron chi connectivity index (χ4n) is 5.31. The summed E-state index contributed by atoms with van der Waals surface area (Å²) in [6.45, 7) is 6.02. The lowest BCUT2D eigenvalue weighted by atomic mass is 10.1. The maximum atomic E-state index is 13.7. The van der Waals surface area contributed by atoms with Gasteiger partial charge in [-0.15, -0.1) is 0 Å². The molecular weight excluding hydrogens is 440 g/mol. The van der Waals surface area contributed by atoms with Crippen molar-refractivity contribution in [2.75, 3.05) is 36.4 Å². The number of pyridine rings is 1. The van der Waals surface area contributed by atoms with Crippen LogP contribution in [0.1, 0.15) is 37.4 Å². The summed E-state index contributed by atoms with van der Waals surface area (Å²) in [5, 5.41) is 14.6. The molecule has 1 aliphatic carbocycles. The Morgan fingerprint density at radius 3 is 2.51 bits per heavy atom. The van der Waals surface area contributed by atoms with Gasteiger partial charge in [0.05, 0.1) is 17.0 Å². The van der Waals surface area contributed by atoms with Crippen molar-refractivity contribution in [1.29, 1.82) is 0 Å². The number of hydrogen-bond acceptors (Lipinski definition) is 7. The summed E-state index contributed by atoms with van der Waals surface area (Å²) in [6.07, 6.45) is 5.90. The van der Waals surface area contributed by atoms with E-state index in [4.69, 9.17) is 9.97 Å². The fourth-order valence-corrected chi connectivity index (χ4v) is 5.31. The number of hydrogen-bond donors (Lipinski definition) is 3. The van der Waals surface area contributed by atoms with E-state index >= 15 is 0 Å². The summed E-state index contributed by atoms with van der Waals surface area (Å²) in [4.78, 5) is 25.7. The van der Waals surface area contributed by atoms with Crippen LogP contribution in [0.4, 0.5) is 17.3 Å². The van der Waals surface area contributed by atoms with Crippen LogP contribution >= 0.6 is 0 Å². The van der Waals surface area contributed by atoms with Crippen LogP contribution < -0.4 is 21.1 Å². The van der Waals surface area contributed by atoms with Gasteiger partial charge in [0.2, 0.25) is 5.95 Å². The second-order valence-corrected chi connectivity index (χ2v) is 9.42. The van der Waals surface area contributed by atoms with E-state index in [1.807, 2.05) is 23.6 Å². The van der Waals surface area contributed by atoms with E-state index in [0.717, 1.165) is 74.3 Å². The van der Waals surface area contributed by atoms with E-state index in [9.17, 15) is 4.79 Å². The molecule has 1 saturated heterocycles. The van der Waals surface area contributed by atoms with Gasteiger partial charge in [-0.2, -0.15) is 10.1 Å². The van der Waals surface area contributed by atoms with E-state index in [1.165, 1.54) is 5.69 Å². The molecule has 0 spiro atoms. The molecule has 3 N–H and O–H groups in total. The van der Waals surface area contributed by atoms with Crippen LogP contribution in [-0.2, 0) is 0 Å². The number of nitrogens with one attached hydrogen (secondary N) is 3. The lowest BCUT2D eigenvalue weighted by Crippen LogP contribution is -2.43. The molecule has 1 aromatic carbocycles. The molecule has 1 aliphatic heterocycles. The van der Waals surface area contributed by atoms with Gasteiger partial charge in [0, 0.05) is 55.2 Å². The second kappa shape index (κ2) is 9.14. The van der Waals surface area contributed by atoms with Crippen LogP contribution in [0.3, 0.4) is 0 Å². The van der Waals surface area contributed by atoms with Crippen LogP contribution in [0.2, 0.25) is 0 Å².